The summed E-state index contributed by atoms with van der Waals surface area (Å²) < 4.78 is 20.4. The van der Waals surface area contributed by atoms with Gasteiger partial charge in [-0.05, 0) is 78.4 Å². The number of hydrogen-bond acceptors (Lipinski definition) is 14. The number of esters is 2. The van der Waals surface area contributed by atoms with Crippen molar-refractivity contribution in [3.63, 3.8) is 0 Å². The fourth-order valence-corrected chi connectivity index (χ4v) is 4.00. The molecule has 0 spiro atoms. The molecular formula is C26H48N2O12S2. The van der Waals surface area contributed by atoms with Gasteiger partial charge in [-0.3, -0.25) is 0 Å². The first kappa shape index (κ1) is 40.0. The highest BCUT2D eigenvalue weighted by atomic mass is 32.2. The van der Waals surface area contributed by atoms with Crippen LogP contribution in [0.3, 0.4) is 0 Å². The number of alkyl carbamates (subject to hydrolysis) is 2. The zero-order valence-corrected chi connectivity index (χ0v) is 27.2. The Balaban J connectivity index is 5.01. The van der Waals surface area contributed by atoms with Crippen molar-refractivity contribution >= 4 is 47.6 Å². The number of aliphatic hydroxyl groups is 4. The highest BCUT2D eigenvalue weighted by molar-refractivity contribution is 7.98. The van der Waals surface area contributed by atoms with E-state index in [0.29, 0.717) is 11.5 Å². The third-order valence-corrected chi connectivity index (χ3v) is 6.39. The molecule has 0 saturated heterocycles. The van der Waals surface area contributed by atoms with Crippen molar-refractivity contribution < 1.29 is 58.6 Å². The van der Waals surface area contributed by atoms with Crippen molar-refractivity contribution in [2.45, 2.75) is 102 Å². The van der Waals surface area contributed by atoms with E-state index in [4.69, 9.17) is 18.9 Å². The topological polar surface area (TPSA) is 210 Å². The van der Waals surface area contributed by atoms with Crippen molar-refractivity contribution in [2.24, 2.45) is 0 Å². The van der Waals surface area contributed by atoms with Crippen LogP contribution in [0, 0.1) is 0 Å². The molecule has 14 nitrogen and oxygen atoms in total. The molecule has 0 unspecified atom stereocenters. The highest BCUT2D eigenvalue weighted by Gasteiger charge is 2.34. The second-order valence-corrected chi connectivity index (χ2v) is 13.3. The van der Waals surface area contributed by atoms with E-state index >= 15 is 0 Å². The van der Waals surface area contributed by atoms with Crippen LogP contribution in [0.5, 0.6) is 0 Å². The lowest BCUT2D eigenvalue weighted by atomic mass is 10.0. The number of thioether (sulfide) groups is 2. The van der Waals surface area contributed by atoms with Gasteiger partial charge in [0.1, 0.15) is 60.9 Å². The van der Waals surface area contributed by atoms with Crippen molar-refractivity contribution in [3.8, 4) is 0 Å². The third-order valence-electron chi connectivity index (χ3n) is 5.10. The maximum Gasteiger partial charge on any atom is 0.408 e. The highest BCUT2D eigenvalue weighted by Crippen LogP contribution is 2.12. The van der Waals surface area contributed by atoms with Crippen molar-refractivity contribution in [1.29, 1.82) is 0 Å². The molecule has 16 heteroatoms. The summed E-state index contributed by atoms with van der Waals surface area (Å²) in [5, 5.41) is 45.9. The zero-order chi connectivity index (χ0) is 32.7. The fraction of sp³-hybridized carbons (Fsp3) is 0.846. The van der Waals surface area contributed by atoms with Gasteiger partial charge >= 0.3 is 24.1 Å². The summed E-state index contributed by atoms with van der Waals surface area (Å²) in [5.74, 6) is -0.816. The Bertz CT molecular complexity index is 782. The molecule has 6 N–H and O–H groups in total. The second kappa shape index (κ2) is 19.3. The summed E-state index contributed by atoms with van der Waals surface area (Å²) in [5.41, 5.74) is -1.60. The summed E-state index contributed by atoms with van der Waals surface area (Å²) in [6.45, 7) is 8.40. The lowest BCUT2D eigenvalue weighted by Gasteiger charge is -2.27. The van der Waals surface area contributed by atoms with E-state index in [-0.39, 0.29) is 12.8 Å². The summed E-state index contributed by atoms with van der Waals surface area (Å²) in [6.07, 6.45) is -5.32. The van der Waals surface area contributed by atoms with E-state index in [1.807, 2.05) is 12.5 Å². The van der Waals surface area contributed by atoms with Gasteiger partial charge in [-0.1, -0.05) is 0 Å². The van der Waals surface area contributed by atoms with Gasteiger partial charge in [0.05, 0.1) is 0 Å². The first-order valence-electron chi connectivity index (χ1n) is 13.3. The van der Waals surface area contributed by atoms with Crippen LogP contribution >= 0.6 is 23.5 Å². The maximum atomic E-state index is 12.5. The maximum absolute atomic E-state index is 12.5. The van der Waals surface area contributed by atoms with Crippen LogP contribution in [-0.4, -0.2) is 129 Å². The Kier molecular flexibility index (Phi) is 18.4. The minimum atomic E-state index is -2.00. The van der Waals surface area contributed by atoms with Crippen LogP contribution in [0.2, 0.25) is 0 Å². The average molecular weight is 645 g/mol. The number of amides is 2. The lowest BCUT2D eigenvalue weighted by molar-refractivity contribution is -0.164. The van der Waals surface area contributed by atoms with E-state index in [9.17, 15) is 39.6 Å². The van der Waals surface area contributed by atoms with Gasteiger partial charge in [0.2, 0.25) is 0 Å². The van der Waals surface area contributed by atoms with Gasteiger partial charge < -0.3 is 50.0 Å². The monoisotopic (exact) mass is 644 g/mol. The fourth-order valence-electron chi connectivity index (χ4n) is 3.06. The molecule has 0 aliphatic rings. The molecular weight excluding hydrogens is 596 g/mol. The normalized spacial score (nSPS) is 16.2. The molecule has 42 heavy (non-hydrogen) atoms. The Morgan fingerprint density at radius 1 is 0.643 bits per heavy atom. The first-order chi connectivity index (χ1) is 19.3. The largest absolute Gasteiger partial charge is 0.461 e. The quantitative estimate of drug-likeness (QED) is 0.0956. The van der Waals surface area contributed by atoms with Crippen LogP contribution < -0.4 is 10.6 Å². The molecule has 6 atom stereocenters. The van der Waals surface area contributed by atoms with Gasteiger partial charge in [0.15, 0.2) is 0 Å². The SMILES string of the molecule is CSCC[C@H](NC(=O)OC(C)(C)C)C(=O)OC[C@@H](O)[C@@H](O)[C@H](O)[C@@H](O)COC(=O)[C@H](CCSC)NC(=O)OC(C)(C)C. The molecule has 0 aromatic carbocycles. The predicted octanol–water partition coefficient (Wildman–Crippen LogP) is 0.809. The molecule has 0 aromatic rings. The average Bonchev–Trinajstić information content (AvgIpc) is 2.86. The van der Waals surface area contributed by atoms with Crippen molar-refractivity contribution in [3.05, 3.63) is 0 Å². The molecule has 0 bridgehead atoms. The number of rotatable bonds is 17. The summed E-state index contributed by atoms with van der Waals surface area (Å²) in [4.78, 5) is 49.3. The second-order valence-electron chi connectivity index (χ2n) is 11.3. The molecule has 0 radical (unpaired) electrons. The molecule has 0 aliphatic heterocycles. The number of carbonyl (C=O) groups excluding carboxylic acids is 4. The molecule has 0 aliphatic carbocycles. The van der Waals surface area contributed by atoms with E-state index in [2.05, 4.69) is 10.6 Å². The van der Waals surface area contributed by atoms with Crippen LogP contribution in [-0.2, 0) is 28.5 Å². The minimum absolute atomic E-state index is 0.200. The predicted molar refractivity (Wildman–Crippen MR) is 158 cm³/mol. The number of nitrogens with one attached hydrogen (secondary N) is 2. The summed E-state index contributed by atoms with van der Waals surface area (Å²) >= 11 is 2.85. The van der Waals surface area contributed by atoms with Crippen LogP contribution in [0.25, 0.3) is 0 Å². The van der Waals surface area contributed by atoms with Crippen LogP contribution in [0.15, 0.2) is 0 Å². The molecule has 2 amide bonds. The minimum Gasteiger partial charge on any atom is -0.461 e. The van der Waals surface area contributed by atoms with E-state index in [1.54, 1.807) is 41.5 Å². The van der Waals surface area contributed by atoms with Gasteiger partial charge in [-0.25, -0.2) is 19.2 Å². The standard InChI is InChI=1S/C26H48N2O12S2/c1-25(2,3)39-23(35)27-15(9-11-41-7)21(33)37-13-17(29)19(31)20(32)18(30)14-38-22(34)16(10-12-42-8)28-24(36)40-26(4,5)6/h15-20,29-32H,9-14H2,1-8H3,(H,27,35)(H,28,36)/t15-,16-,17-,18+,19+,20+/m0/s1. The van der Waals surface area contributed by atoms with E-state index in [1.165, 1.54) is 23.5 Å². The van der Waals surface area contributed by atoms with Crippen molar-refractivity contribution in [1.82, 2.24) is 10.6 Å². The summed E-state index contributed by atoms with van der Waals surface area (Å²) in [7, 11) is 0. The van der Waals surface area contributed by atoms with Gasteiger partial charge in [-0.15, -0.1) is 0 Å². The molecule has 0 saturated carbocycles. The summed E-state index contributed by atoms with van der Waals surface area (Å²) in [6, 6.07) is -2.19. The molecule has 246 valence electrons. The number of hydrogen-bond donors (Lipinski definition) is 6. The third kappa shape index (κ3) is 17.9. The first-order valence-corrected chi connectivity index (χ1v) is 16.1. The Morgan fingerprint density at radius 3 is 1.21 bits per heavy atom. The Hall–Kier alpha value is -1.98. The lowest BCUT2D eigenvalue weighted by Crippen LogP contribution is -2.50. The Morgan fingerprint density at radius 2 is 0.952 bits per heavy atom. The van der Waals surface area contributed by atoms with E-state index in [0.717, 1.165) is 0 Å². The van der Waals surface area contributed by atoms with Crippen LogP contribution in [0.1, 0.15) is 54.4 Å². The van der Waals surface area contributed by atoms with Gasteiger partial charge in [0, 0.05) is 0 Å². The zero-order valence-electron chi connectivity index (χ0n) is 25.6. The molecule has 0 aromatic heterocycles. The Labute approximate surface area is 255 Å². The molecule has 0 fully saturated rings. The number of carbonyl (C=O) groups is 4. The van der Waals surface area contributed by atoms with Crippen LogP contribution in [0.4, 0.5) is 9.59 Å². The van der Waals surface area contributed by atoms with Gasteiger partial charge in [0.25, 0.3) is 0 Å². The molecule has 0 heterocycles. The van der Waals surface area contributed by atoms with E-state index < -0.39 is 85.0 Å². The van der Waals surface area contributed by atoms with Crippen molar-refractivity contribution in [2.75, 3.05) is 37.2 Å². The number of ether oxygens (including phenoxy) is 4. The van der Waals surface area contributed by atoms with Gasteiger partial charge in [-0.2, -0.15) is 23.5 Å². The smallest absolute Gasteiger partial charge is 0.408 e. The molecule has 0 rings (SSSR count). The number of aliphatic hydroxyl groups excluding tert-OH is 4.